The first kappa shape index (κ1) is 15.1. The van der Waals surface area contributed by atoms with Gasteiger partial charge in [0.05, 0.1) is 18.7 Å². The Morgan fingerprint density at radius 2 is 1.74 bits per heavy atom. The van der Waals surface area contributed by atoms with E-state index in [9.17, 15) is 5.11 Å². The molecule has 0 unspecified atom stereocenters. The average molecular weight is 257 g/mol. The van der Waals surface area contributed by atoms with Crippen molar-refractivity contribution >= 4 is 10.9 Å². The fourth-order valence-electron chi connectivity index (χ4n) is 1.75. The second kappa shape index (κ2) is 8.19. The van der Waals surface area contributed by atoms with Gasteiger partial charge in [-0.2, -0.15) is 0 Å². The molecule has 0 aliphatic rings. The van der Waals surface area contributed by atoms with Crippen molar-refractivity contribution in [2.75, 3.05) is 6.61 Å². The van der Waals surface area contributed by atoms with Gasteiger partial charge in [-0.1, -0.05) is 30.4 Å². The molecule has 0 saturated carbocycles. The van der Waals surface area contributed by atoms with Crippen molar-refractivity contribution in [2.24, 2.45) is 0 Å². The number of aliphatic hydroxyl groups is 2. The van der Waals surface area contributed by atoms with Crippen molar-refractivity contribution in [3.05, 3.63) is 66.9 Å². The van der Waals surface area contributed by atoms with Crippen molar-refractivity contribution < 1.29 is 10.2 Å². The van der Waals surface area contributed by atoms with Crippen molar-refractivity contribution in [1.29, 1.82) is 0 Å². The minimum atomic E-state index is 0.0521. The van der Waals surface area contributed by atoms with Crippen molar-refractivity contribution in [3.63, 3.8) is 0 Å². The van der Waals surface area contributed by atoms with E-state index in [2.05, 4.69) is 18.1 Å². The van der Waals surface area contributed by atoms with E-state index in [-0.39, 0.29) is 13.2 Å². The van der Waals surface area contributed by atoms with Gasteiger partial charge in [0.15, 0.2) is 0 Å². The zero-order valence-electron chi connectivity index (χ0n) is 10.9. The highest BCUT2D eigenvalue weighted by Gasteiger charge is 2.04. The van der Waals surface area contributed by atoms with Gasteiger partial charge < -0.3 is 10.2 Å². The smallest absolute Gasteiger partial charge is 0.0740 e. The van der Waals surface area contributed by atoms with Gasteiger partial charge in [-0.05, 0) is 23.6 Å². The fourth-order valence-corrected chi connectivity index (χ4v) is 1.75. The van der Waals surface area contributed by atoms with Gasteiger partial charge in [-0.15, -0.1) is 13.2 Å². The Morgan fingerprint density at radius 1 is 1.05 bits per heavy atom. The zero-order valence-corrected chi connectivity index (χ0v) is 10.9. The number of fused-ring (bicyclic) bond motifs is 1. The number of allylic oxidation sites excluding steroid dienone is 1. The number of rotatable bonds is 4. The van der Waals surface area contributed by atoms with Crippen LogP contribution in [0.3, 0.4) is 0 Å². The van der Waals surface area contributed by atoms with Gasteiger partial charge >= 0.3 is 0 Å². The lowest BCUT2D eigenvalue weighted by Crippen LogP contribution is -1.92. The number of aliphatic hydroxyl groups excluding tert-OH is 2. The van der Waals surface area contributed by atoms with Crippen molar-refractivity contribution in [2.45, 2.75) is 13.0 Å². The van der Waals surface area contributed by atoms with Crippen LogP contribution in [0.4, 0.5) is 0 Å². The maximum Gasteiger partial charge on any atom is 0.0740 e. The zero-order chi connectivity index (χ0) is 14.1. The molecule has 19 heavy (non-hydrogen) atoms. The molecule has 0 spiro atoms. The van der Waals surface area contributed by atoms with E-state index < -0.39 is 0 Å². The summed E-state index contributed by atoms with van der Waals surface area (Å²) in [5.41, 5.74) is 3.03. The normalized spacial score (nSPS) is 9.58. The number of hydrogen-bond acceptors (Lipinski definition) is 3. The number of hydrogen-bond donors (Lipinski definition) is 2. The lowest BCUT2D eigenvalue weighted by molar-refractivity contribution is 0.283. The van der Waals surface area contributed by atoms with Crippen LogP contribution in [0.1, 0.15) is 11.1 Å². The molecular weight excluding hydrogens is 238 g/mol. The highest BCUT2D eigenvalue weighted by molar-refractivity contribution is 5.85. The molecular formula is C16H19NO2. The SMILES string of the molecule is C=CCO.C=CCc1ccc(CO)c2cccnc12. The van der Waals surface area contributed by atoms with E-state index in [4.69, 9.17) is 5.11 Å². The van der Waals surface area contributed by atoms with Gasteiger partial charge in [0.1, 0.15) is 0 Å². The standard InChI is InChI=1S/C13H13NO.C3H6O/c1-2-4-10-6-7-11(9-15)12-5-3-8-14-13(10)12;1-2-3-4/h2-3,5-8,15H,1,4,9H2;2,4H,1,3H2. The molecule has 0 bridgehead atoms. The summed E-state index contributed by atoms with van der Waals surface area (Å²) in [6, 6.07) is 7.82. The minimum absolute atomic E-state index is 0.0521. The molecule has 2 N–H and O–H groups in total. The first-order valence-electron chi connectivity index (χ1n) is 6.07. The molecule has 1 aromatic heterocycles. The Balaban J connectivity index is 0.000000399. The van der Waals surface area contributed by atoms with Crippen LogP contribution in [0.2, 0.25) is 0 Å². The molecule has 0 saturated heterocycles. The summed E-state index contributed by atoms with van der Waals surface area (Å²) in [4.78, 5) is 4.35. The van der Waals surface area contributed by atoms with Crippen molar-refractivity contribution in [1.82, 2.24) is 4.98 Å². The third-order valence-corrected chi connectivity index (χ3v) is 2.61. The molecule has 3 heteroatoms. The Kier molecular flexibility index (Phi) is 6.50. The second-order valence-corrected chi connectivity index (χ2v) is 3.91. The van der Waals surface area contributed by atoms with Crippen molar-refractivity contribution in [3.8, 4) is 0 Å². The van der Waals surface area contributed by atoms with Crippen LogP contribution >= 0.6 is 0 Å². The van der Waals surface area contributed by atoms with E-state index in [1.165, 1.54) is 6.08 Å². The number of benzene rings is 1. The molecule has 1 heterocycles. The number of pyridine rings is 1. The molecule has 0 aliphatic heterocycles. The fraction of sp³-hybridized carbons (Fsp3) is 0.188. The molecule has 0 fully saturated rings. The summed E-state index contributed by atoms with van der Waals surface area (Å²) in [5.74, 6) is 0. The molecule has 0 atom stereocenters. The lowest BCUT2D eigenvalue weighted by atomic mass is 10.0. The van der Waals surface area contributed by atoms with Gasteiger partial charge in [-0.25, -0.2) is 0 Å². The van der Waals surface area contributed by atoms with Crippen LogP contribution in [0.5, 0.6) is 0 Å². The molecule has 3 nitrogen and oxygen atoms in total. The Labute approximate surface area is 113 Å². The maximum atomic E-state index is 9.21. The predicted octanol–water partition coefficient (Wildman–Crippen LogP) is 2.62. The highest BCUT2D eigenvalue weighted by Crippen LogP contribution is 2.21. The average Bonchev–Trinajstić information content (AvgIpc) is 2.48. The van der Waals surface area contributed by atoms with Gasteiger partial charge in [0.2, 0.25) is 0 Å². The van der Waals surface area contributed by atoms with Crippen LogP contribution in [0.25, 0.3) is 10.9 Å². The minimum Gasteiger partial charge on any atom is -0.392 e. The Hall–Kier alpha value is -1.97. The summed E-state index contributed by atoms with van der Waals surface area (Å²) in [5, 5.41) is 18.0. The number of nitrogens with zero attached hydrogens (tertiary/aromatic N) is 1. The molecule has 0 radical (unpaired) electrons. The molecule has 0 aliphatic carbocycles. The van der Waals surface area contributed by atoms with Crippen LogP contribution in [-0.2, 0) is 13.0 Å². The third-order valence-electron chi connectivity index (χ3n) is 2.61. The predicted molar refractivity (Wildman–Crippen MR) is 78.8 cm³/mol. The quantitative estimate of drug-likeness (QED) is 0.828. The molecule has 1 aromatic carbocycles. The summed E-state index contributed by atoms with van der Waals surface area (Å²) in [6.45, 7) is 7.09. The molecule has 100 valence electrons. The highest BCUT2D eigenvalue weighted by atomic mass is 16.3. The van der Waals surface area contributed by atoms with Crippen LogP contribution < -0.4 is 0 Å². The molecule has 2 aromatic rings. The van der Waals surface area contributed by atoms with Gasteiger partial charge in [-0.3, -0.25) is 4.98 Å². The molecule has 0 amide bonds. The number of aromatic nitrogens is 1. The second-order valence-electron chi connectivity index (χ2n) is 3.91. The third kappa shape index (κ3) is 4.02. The van der Waals surface area contributed by atoms with E-state index in [0.29, 0.717) is 0 Å². The van der Waals surface area contributed by atoms with E-state index in [0.717, 1.165) is 28.5 Å². The first-order chi connectivity index (χ1) is 9.28. The van der Waals surface area contributed by atoms with E-state index in [1.807, 2.05) is 30.3 Å². The summed E-state index contributed by atoms with van der Waals surface area (Å²) in [6.07, 6.45) is 5.87. The summed E-state index contributed by atoms with van der Waals surface area (Å²) < 4.78 is 0. The Bertz CT molecular complexity index is 549. The molecule has 2 rings (SSSR count). The summed E-state index contributed by atoms with van der Waals surface area (Å²) >= 11 is 0. The monoisotopic (exact) mass is 257 g/mol. The summed E-state index contributed by atoms with van der Waals surface area (Å²) in [7, 11) is 0. The lowest BCUT2D eigenvalue weighted by Gasteiger charge is -2.07. The topological polar surface area (TPSA) is 53.4 Å². The van der Waals surface area contributed by atoms with Gasteiger partial charge in [0, 0.05) is 11.6 Å². The largest absolute Gasteiger partial charge is 0.392 e. The first-order valence-corrected chi connectivity index (χ1v) is 6.07. The van der Waals surface area contributed by atoms with E-state index >= 15 is 0 Å². The Morgan fingerprint density at radius 3 is 2.32 bits per heavy atom. The van der Waals surface area contributed by atoms with Gasteiger partial charge in [0.25, 0.3) is 0 Å². The van der Waals surface area contributed by atoms with E-state index in [1.54, 1.807) is 6.20 Å². The van der Waals surface area contributed by atoms with Crippen LogP contribution in [-0.4, -0.2) is 21.8 Å². The maximum absolute atomic E-state index is 9.21. The van der Waals surface area contributed by atoms with Crippen LogP contribution in [0, 0.1) is 0 Å². The van der Waals surface area contributed by atoms with Crippen LogP contribution in [0.15, 0.2) is 55.8 Å².